The number of aromatic carboxylic acids is 1. The van der Waals surface area contributed by atoms with Gasteiger partial charge in [-0.2, -0.15) is 0 Å². The van der Waals surface area contributed by atoms with Crippen molar-refractivity contribution in [3.05, 3.63) is 39.4 Å². The van der Waals surface area contributed by atoms with Crippen LogP contribution in [0.4, 0.5) is 5.69 Å². The SMILES string of the molecule is CN1CCN(Cc2cccc([N+](=O)[O-])c2C(=O)O)CC1. The molecule has 1 heterocycles. The van der Waals surface area contributed by atoms with Crippen LogP contribution in [0.15, 0.2) is 18.2 Å². The average Bonchev–Trinajstić information content (AvgIpc) is 2.40. The lowest BCUT2D eigenvalue weighted by Crippen LogP contribution is -2.44. The molecule has 0 atom stereocenters. The number of carboxylic acids is 1. The lowest BCUT2D eigenvalue weighted by atomic mass is 10.0. The van der Waals surface area contributed by atoms with Gasteiger partial charge in [0.05, 0.1) is 4.92 Å². The topological polar surface area (TPSA) is 86.9 Å². The zero-order valence-electron chi connectivity index (χ0n) is 11.3. The molecule has 7 heteroatoms. The Morgan fingerprint density at radius 3 is 2.55 bits per heavy atom. The van der Waals surface area contributed by atoms with Crippen LogP contribution in [-0.2, 0) is 6.54 Å². The first kappa shape index (κ1) is 14.4. The van der Waals surface area contributed by atoms with Gasteiger partial charge >= 0.3 is 5.97 Å². The zero-order chi connectivity index (χ0) is 14.7. The van der Waals surface area contributed by atoms with E-state index in [1.807, 2.05) is 7.05 Å². The first-order valence-electron chi connectivity index (χ1n) is 6.39. The van der Waals surface area contributed by atoms with Crippen molar-refractivity contribution >= 4 is 11.7 Å². The Bertz CT molecular complexity index is 524. The molecule has 0 spiro atoms. The zero-order valence-corrected chi connectivity index (χ0v) is 11.3. The number of carbonyl (C=O) groups is 1. The highest BCUT2D eigenvalue weighted by Crippen LogP contribution is 2.23. The third kappa shape index (κ3) is 3.12. The van der Waals surface area contributed by atoms with Gasteiger partial charge in [-0.25, -0.2) is 4.79 Å². The van der Waals surface area contributed by atoms with E-state index in [0.717, 1.165) is 26.2 Å². The molecule has 0 unspecified atom stereocenters. The molecule has 1 aromatic carbocycles. The van der Waals surface area contributed by atoms with E-state index in [0.29, 0.717) is 12.1 Å². The number of nitro groups is 1. The molecule has 1 fully saturated rings. The quantitative estimate of drug-likeness (QED) is 0.654. The minimum Gasteiger partial charge on any atom is -0.477 e. The lowest BCUT2D eigenvalue weighted by Gasteiger charge is -2.32. The third-order valence-corrected chi connectivity index (χ3v) is 3.53. The normalized spacial score (nSPS) is 17.1. The summed E-state index contributed by atoms with van der Waals surface area (Å²) >= 11 is 0. The standard InChI is InChI=1S/C13H17N3O4/c1-14-5-7-15(8-6-14)9-10-3-2-4-11(16(19)20)12(10)13(17)18/h2-4H,5-9H2,1H3,(H,17,18). The Morgan fingerprint density at radius 2 is 2.00 bits per heavy atom. The molecule has 0 aromatic heterocycles. The maximum Gasteiger partial charge on any atom is 0.343 e. The highest BCUT2D eigenvalue weighted by atomic mass is 16.6. The van der Waals surface area contributed by atoms with Gasteiger partial charge in [-0.1, -0.05) is 12.1 Å². The van der Waals surface area contributed by atoms with Crippen LogP contribution in [-0.4, -0.2) is 59.0 Å². The van der Waals surface area contributed by atoms with Gasteiger partial charge in [0.2, 0.25) is 0 Å². The molecule has 1 aliphatic rings. The van der Waals surface area contributed by atoms with Crippen LogP contribution in [0.2, 0.25) is 0 Å². The molecule has 0 aliphatic carbocycles. The van der Waals surface area contributed by atoms with E-state index in [2.05, 4.69) is 9.80 Å². The maximum absolute atomic E-state index is 11.3. The molecule has 0 amide bonds. The number of likely N-dealkylation sites (N-methyl/N-ethyl adjacent to an activating group) is 1. The van der Waals surface area contributed by atoms with Crippen molar-refractivity contribution in [2.75, 3.05) is 33.2 Å². The summed E-state index contributed by atoms with van der Waals surface area (Å²) in [5.74, 6) is -1.25. The van der Waals surface area contributed by atoms with E-state index in [1.54, 1.807) is 6.07 Å². The van der Waals surface area contributed by atoms with E-state index >= 15 is 0 Å². The number of piperazine rings is 1. The Kier molecular flexibility index (Phi) is 4.31. The van der Waals surface area contributed by atoms with Crippen LogP contribution in [0.5, 0.6) is 0 Å². The second-order valence-electron chi connectivity index (χ2n) is 4.95. The Balaban J connectivity index is 2.25. The van der Waals surface area contributed by atoms with Gasteiger partial charge in [-0.05, 0) is 12.6 Å². The van der Waals surface area contributed by atoms with Crippen LogP contribution < -0.4 is 0 Å². The van der Waals surface area contributed by atoms with Crippen LogP contribution in [0, 0.1) is 10.1 Å². The summed E-state index contributed by atoms with van der Waals surface area (Å²) in [4.78, 5) is 25.9. The Morgan fingerprint density at radius 1 is 1.35 bits per heavy atom. The molecule has 0 saturated carbocycles. The van der Waals surface area contributed by atoms with Gasteiger partial charge in [0, 0.05) is 38.8 Å². The van der Waals surface area contributed by atoms with Gasteiger partial charge in [-0.3, -0.25) is 15.0 Å². The average molecular weight is 279 g/mol. The van der Waals surface area contributed by atoms with Crippen molar-refractivity contribution in [2.45, 2.75) is 6.54 Å². The summed E-state index contributed by atoms with van der Waals surface area (Å²) in [6.45, 7) is 3.92. The van der Waals surface area contributed by atoms with Crippen molar-refractivity contribution in [1.82, 2.24) is 9.80 Å². The van der Waals surface area contributed by atoms with E-state index in [-0.39, 0.29) is 11.3 Å². The smallest absolute Gasteiger partial charge is 0.343 e. The number of nitro benzene ring substituents is 1. The lowest BCUT2D eigenvalue weighted by molar-refractivity contribution is -0.385. The third-order valence-electron chi connectivity index (χ3n) is 3.53. The van der Waals surface area contributed by atoms with Gasteiger partial charge in [0.25, 0.3) is 5.69 Å². The van der Waals surface area contributed by atoms with Crippen molar-refractivity contribution in [1.29, 1.82) is 0 Å². The number of benzene rings is 1. The predicted octanol–water partition coefficient (Wildman–Crippen LogP) is 1.04. The summed E-state index contributed by atoms with van der Waals surface area (Å²) < 4.78 is 0. The van der Waals surface area contributed by atoms with Gasteiger partial charge in [0.15, 0.2) is 0 Å². The van der Waals surface area contributed by atoms with Gasteiger partial charge in [-0.15, -0.1) is 0 Å². The maximum atomic E-state index is 11.3. The molecule has 1 saturated heterocycles. The van der Waals surface area contributed by atoms with Gasteiger partial charge < -0.3 is 10.0 Å². The van der Waals surface area contributed by atoms with E-state index in [1.165, 1.54) is 12.1 Å². The predicted molar refractivity (Wildman–Crippen MR) is 72.8 cm³/mol. The number of hydrogen-bond acceptors (Lipinski definition) is 5. The largest absolute Gasteiger partial charge is 0.477 e. The Hall–Kier alpha value is -1.99. The summed E-state index contributed by atoms with van der Waals surface area (Å²) in [7, 11) is 2.04. The second kappa shape index (κ2) is 5.98. The monoisotopic (exact) mass is 279 g/mol. The highest BCUT2D eigenvalue weighted by molar-refractivity contribution is 5.94. The molecule has 1 aromatic rings. The molecule has 0 radical (unpaired) electrons. The van der Waals surface area contributed by atoms with Crippen molar-refractivity contribution in [3.8, 4) is 0 Å². The molecular weight excluding hydrogens is 262 g/mol. The van der Waals surface area contributed by atoms with Gasteiger partial charge in [0.1, 0.15) is 5.56 Å². The fourth-order valence-electron chi connectivity index (χ4n) is 2.36. The van der Waals surface area contributed by atoms with Crippen LogP contribution >= 0.6 is 0 Å². The van der Waals surface area contributed by atoms with E-state index in [4.69, 9.17) is 0 Å². The fraction of sp³-hybridized carbons (Fsp3) is 0.462. The van der Waals surface area contributed by atoms with Crippen molar-refractivity contribution in [3.63, 3.8) is 0 Å². The van der Waals surface area contributed by atoms with Crippen molar-refractivity contribution < 1.29 is 14.8 Å². The summed E-state index contributed by atoms with van der Waals surface area (Å²) in [6.07, 6.45) is 0. The molecule has 7 nitrogen and oxygen atoms in total. The molecule has 20 heavy (non-hydrogen) atoms. The number of carboxylic acid groups (broad SMARTS) is 1. The summed E-state index contributed by atoms with van der Waals surface area (Å²) in [6, 6.07) is 4.42. The summed E-state index contributed by atoms with van der Waals surface area (Å²) in [5.41, 5.74) is -0.0446. The highest BCUT2D eigenvalue weighted by Gasteiger charge is 2.25. The van der Waals surface area contributed by atoms with E-state index < -0.39 is 10.9 Å². The van der Waals surface area contributed by atoms with E-state index in [9.17, 15) is 20.0 Å². The molecule has 1 aliphatic heterocycles. The number of nitrogens with zero attached hydrogens (tertiary/aromatic N) is 3. The number of hydrogen-bond donors (Lipinski definition) is 1. The Labute approximate surface area is 116 Å². The first-order valence-corrected chi connectivity index (χ1v) is 6.39. The second-order valence-corrected chi connectivity index (χ2v) is 4.95. The molecule has 1 N–H and O–H groups in total. The number of rotatable bonds is 4. The molecular formula is C13H17N3O4. The van der Waals surface area contributed by atoms with Crippen LogP contribution in [0.1, 0.15) is 15.9 Å². The van der Waals surface area contributed by atoms with Crippen LogP contribution in [0.25, 0.3) is 0 Å². The first-order chi connectivity index (χ1) is 9.49. The van der Waals surface area contributed by atoms with Crippen molar-refractivity contribution in [2.24, 2.45) is 0 Å². The molecule has 108 valence electrons. The minimum atomic E-state index is -1.25. The fourth-order valence-corrected chi connectivity index (χ4v) is 2.36. The minimum absolute atomic E-state index is 0.198. The summed E-state index contributed by atoms with van der Waals surface area (Å²) in [5, 5.41) is 20.2. The molecule has 0 bridgehead atoms. The molecule has 2 rings (SSSR count). The van der Waals surface area contributed by atoms with Crippen LogP contribution in [0.3, 0.4) is 0 Å².